The predicted molar refractivity (Wildman–Crippen MR) is 113 cm³/mol. The molecule has 0 aliphatic carbocycles. The van der Waals surface area contributed by atoms with E-state index in [2.05, 4.69) is 10.6 Å². The standard InChI is InChI=1S/C21H20ClN3O4/c1-13(26)23-17-7-6-14(10-20(17)29-3)24-21(27)15-11-16(22)18(12-19(15)28-2)25-8-4-5-9-25/h4-12H,1-3H3,(H,23,26)(H,24,27). The summed E-state index contributed by atoms with van der Waals surface area (Å²) in [7, 11) is 2.97. The van der Waals surface area contributed by atoms with E-state index >= 15 is 0 Å². The topological polar surface area (TPSA) is 81.6 Å². The first kappa shape index (κ1) is 20.3. The fraction of sp³-hybridized carbons (Fsp3) is 0.143. The first-order valence-corrected chi connectivity index (χ1v) is 9.08. The number of nitrogens with one attached hydrogen (secondary N) is 2. The zero-order chi connectivity index (χ0) is 21.0. The molecule has 3 rings (SSSR count). The van der Waals surface area contributed by atoms with Gasteiger partial charge in [-0.3, -0.25) is 9.59 Å². The Morgan fingerprint density at radius 3 is 2.28 bits per heavy atom. The Morgan fingerprint density at radius 1 is 0.966 bits per heavy atom. The lowest BCUT2D eigenvalue weighted by Gasteiger charge is -2.15. The molecule has 2 N–H and O–H groups in total. The molecule has 150 valence electrons. The molecule has 0 unspecified atom stereocenters. The summed E-state index contributed by atoms with van der Waals surface area (Å²) in [6, 6.07) is 11.9. The van der Waals surface area contributed by atoms with Crippen LogP contribution in [0.15, 0.2) is 54.9 Å². The van der Waals surface area contributed by atoms with E-state index in [0.29, 0.717) is 39.1 Å². The Bertz CT molecular complexity index is 1050. The molecule has 0 aliphatic rings. The van der Waals surface area contributed by atoms with Gasteiger partial charge in [-0.2, -0.15) is 0 Å². The Morgan fingerprint density at radius 2 is 1.66 bits per heavy atom. The molecule has 2 aromatic carbocycles. The van der Waals surface area contributed by atoms with E-state index < -0.39 is 5.91 Å². The van der Waals surface area contributed by atoms with E-state index in [-0.39, 0.29) is 5.91 Å². The molecule has 1 aromatic heterocycles. The second kappa shape index (κ2) is 8.70. The molecule has 8 heteroatoms. The molecule has 2 amide bonds. The molecule has 0 saturated heterocycles. The van der Waals surface area contributed by atoms with Gasteiger partial charge in [0.1, 0.15) is 11.5 Å². The maximum atomic E-state index is 12.8. The van der Waals surface area contributed by atoms with Gasteiger partial charge in [0.2, 0.25) is 5.91 Å². The molecule has 0 radical (unpaired) electrons. The van der Waals surface area contributed by atoms with Crippen molar-refractivity contribution in [1.82, 2.24) is 4.57 Å². The van der Waals surface area contributed by atoms with Gasteiger partial charge in [0.15, 0.2) is 0 Å². The Balaban J connectivity index is 1.89. The molecule has 7 nitrogen and oxygen atoms in total. The van der Waals surface area contributed by atoms with Crippen LogP contribution in [-0.2, 0) is 4.79 Å². The number of hydrogen-bond donors (Lipinski definition) is 2. The largest absolute Gasteiger partial charge is 0.496 e. The zero-order valence-corrected chi connectivity index (χ0v) is 16.9. The predicted octanol–water partition coefficient (Wildman–Crippen LogP) is 4.36. The van der Waals surface area contributed by atoms with Gasteiger partial charge in [0.05, 0.1) is 36.2 Å². The number of methoxy groups -OCH3 is 2. The molecular weight excluding hydrogens is 394 g/mol. The average molecular weight is 414 g/mol. The van der Waals surface area contributed by atoms with Gasteiger partial charge in [-0.1, -0.05) is 11.6 Å². The first-order valence-electron chi connectivity index (χ1n) is 8.70. The SMILES string of the molecule is COc1cc(NC(=O)c2cc(Cl)c(-n3cccc3)cc2OC)ccc1NC(C)=O. The summed E-state index contributed by atoms with van der Waals surface area (Å²) >= 11 is 6.40. The fourth-order valence-electron chi connectivity index (χ4n) is 2.84. The van der Waals surface area contributed by atoms with Crippen LogP contribution in [-0.4, -0.2) is 30.6 Å². The van der Waals surface area contributed by atoms with Crippen molar-refractivity contribution in [2.75, 3.05) is 24.9 Å². The van der Waals surface area contributed by atoms with Crippen LogP contribution < -0.4 is 20.1 Å². The molecule has 29 heavy (non-hydrogen) atoms. The number of amides is 2. The van der Waals surface area contributed by atoms with Crippen molar-refractivity contribution < 1.29 is 19.1 Å². The minimum atomic E-state index is -0.392. The number of ether oxygens (including phenoxy) is 2. The molecule has 3 aromatic rings. The van der Waals surface area contributed by atoms with Crippen molar-refractivity contribution in [3.8, 4) is 17.2 Å². The lowest BCUT2D eigenvalue weighted by molar-refractivity contribution is -0.114. The van der Waals surface area contributed by atoms with E-state index in [9.17, 15) is 9.59 Å². The Kier molecular flexibility index (Phi) is 6.09. The average Bonchev–Trinajstić information content (AvgIpc) is 3.23. The van der Waals surface area contributed by atoms with Crippen LogP contribution in [0.2, 0.25) is 5.02 Å². The highest BCUT2D eigenvalue weighted by Crippen LogP contribution is 2.32. The van der Waals surface area contributed by atoms with Gasteiger partial charge in [-0.25, -0.2) is 0 Å². The monoisotopic (exact) mass is 413 g/mol. The Hall–Kier alpha value is -3.45. The quantitative estimate of drug-likeness (QED) is 0.629. The highest BCUT2D eigenvalue weighted by molar-refractivity contribution is 6.33. The van der Waals surface area contributed by atoms with Gasteiger partial charge >= 0.3 is 0 Å². The summed E-state index contributed by atoms with van der Waals surface area (Å²) in [5, 5.41) is 5.87. The molecule has 0 spiro atoms. The summed E-state index contributed by atoms with van der Waals surface area (Å²) < 4.78 is 12.5. The van der Waals surface area contributed by atoms with Gasteiger partial charge in [0.25, 0.3) is 5.91 Å². The second-order valence-electron chi connectivity index (χ2n) is 6.14. The molecule has 0 fully saturated rings. The Labute approximate surface area is 173 Å². The maximum Gasteiger partial charge on any atom is 0.259 e. The lowest BCUT2D eigenvalue weighted by atomic mass is 10.1. The smallest absolute Gasteiger partial charge is 0.259 e. The van der Waals surface area contributed by atoms with Crippen LogP contribution in [0.4, 0.5) is 11.4 Å². The van der Waals surface area contributed by atoms with Crippen molar-refractivity contribution in [3.05, 3.63) is 65.4 Å². The zero-order valence-electron chi connectivity index (χ0n) is 16.2. The first-order chi connectivity index (χ1) is 13.9. The van der Waals surface area contributed by atoms with Gasteiger partial charge in [-0.15, -0.1) is 0 Å². The third kappa shape index (κ3) is 4.52. The number of carbonyl (C=O) groups excluding carboxylic acids is 2. The minimum Gasteiger partial charge on any atom is -0.496 e. The normalized spacial score (nSPS) is 10.3. The van der Waals surface area contributed by atoms with Crippen molar-refractivity contribution in [2.24, 2.45) is 0 Å². The summed E-state index contributed by atoms with van der Waals surface area (Å²) in [6.07, 6.45) is 3.70. The number of benzene rings is 2. The van der Waals surface area contributed by atoms with Crippen LogP contribution in [0.1, 0.15) is 17.3 Å². The second-order valence-corrected chi connectivity index (χ2v) is 6.55. The number of rotatable bonds is 6. The highest BCUT2D eigenvalue weighted by Gasteiger charge is 2.17. The third-order valence-corrected chi connectivity index (χ3v) is 4.47. The van der Waals surface area contributed by atoms with Crippen LogP contribution in [0.25, 0.3) is 5.69 Å². The van der Waals surface area contributed by atoms with Crippen LogP contribution in [0.5, 0.6) is 11.5 Å². The fourth-order valence-corrected chi connectivity index (χ4v) is 3.10. The molecule has 0 atom stereocenters. The van der Waals surface area contributed by atoms with E-state index in [1.807, 2.05) is 29.1 Å². The number of carbonyl (C=O) groups is 2. The van der Waals surface area contributed by atoms with E-state index in [0.717, 1.165) is 0 Å². The van der Waals surface area contributed by atoms with E-state index in [4.69, 9.17) is 21.1 Å². The van der Waals surface area contributed by atoms with Crippen molar-refractivity contribution >= 4 is 34.8 Å². The molecular formula is C21H20ClN3O4. The minimum absolute atomic E-state index is 0.220. The number of anilines is 2. The summed E-state index contributed by atoms with van der Waals surface area (Å²) in [5.74, 6) is 0.197. The molecule has 0 aliphatic heterocycles. The van der Waals surface area contributed by atoms with Crippen molar-refractivity contribution in [1.29, 1.82) is 0 Å². The van der Waals surface area contributed by atoms with E-state index in [1.54, 1.807) is 30.3 Å². The number of aromatic nitrogens is 1. The number of hydrogen-bond acceptors (Lipinski definition) is 4. The number of nitrogens with zero attached hydrogens (tertiary/aromatic N) is 1. The van der Waals surface area contributed by atoms with Crippen molar-refractivity contribution in [3.63, 3.8) is 0 Å². The van der Waals surface area contributed by atoms with Gasteiger partial charge < -0.3 is 24.7 Å². The van der Waals surface area contributed by atoms with Gasteiger partial charge in [-0.05, 0) is 30.3 Å². The summed E-state index contributed by atoms with van der Waals surface area (Å²) in [4.78, 5) is 24.1. The van der Waals surface area contributed by atoms with Crippen LogP contribution in [0, 0.1) is 0 Å². The molecule has 1 heterocycles. The number of halogens is 1. The van der Waals surface area contributed by atoms with E-state index in [1.165, 1.54) is 21.1 Å². The summed E-state index contributed by atoms with van der Waals surface area (Å²) in [5.41, 5.74) is 1.99. The maximum absolute atomic E-state index is 12.8. The molecule has 0 saturated carbocycles. The lowest BCUT2D eigenvalue weighted by Crippen LogP contribution is -2.14. The highest BCUT2D eigenvalue weighted by atomic mass is 35.5. The van der Waals surface area contributed by atoms with Crippen LogP contribution >= 0.6 is 11.6 Å². The van der Waals surface area contributed by atoms with Crippen LogP contribution in [0.3, 0.4) is 0 Å². The molecule has 0 bridgehead atoms. The third-order valence-electron chi connectivity index (χ3n) is 4.17. The summed E-state index contributed by atoms with van der Waals surface area (Å²) in [6.45, 7) is 1.41. The van der Waals surface area contributed by atoms with Gasteiger partial charge in [0, 0.05) is 37.1 Å². The van der Waals surface area contributed by atoms with Crippen molar-refractivity contribution in [2.45, 2.75) is 6.92 Å².